The molecular formula is C12H17NO. The van der Waals surface area contributed by atoms with Gasteiger partial charge in [0.25, 0.3) is 0 Å². The Morgan fingerprint density at radius 3 is 3.21 bits per heavy atom. The minimum Gasteiger partial charge on any atom is -0.496 e. The molecule has 2 rings (SSSR count). The highest BCUT2D eigenvalue weighted by molar-refractivity contribution is 5.41. The molecule has 0 spiro atoms. The third kappa shape index (κ3) is 1.62. The normalized spacial score (nSPS) is 25.2. The fourth-order valence-electron chi connectivity index (χ4n) is 2.07. The van der Waals surface area contributed by atoms with Gasteiger partial charge in [-0.05, 0) is 43.5 Å². The summed E-state index contributed by atoms with van der Waals surface area (Å²) in [4.78, 5) is 0. The topological polar surface area (TPSA) is 21.3 Å². The summed E-state index contributed by atoms with van der Waals surface area (Å²) < 4.78 is 26.4. The highest BCUT2D eigenvalue weighted by Gasteiger charge is 2.18. The molecule has 14 heavy (non-hydrogen) atoms. The van der Waals surface area contributed by atoms with Gasteiger partial charge in [-0.25, -0.2) is 0 Å². The number of nitrogens with one attached hydrogen (secondary N) is 1. The van der Waals surface area contributed by atoms with Crippen molar-refractivity contribution < 1.29 is 8.85 Å². The summed E-state index contributed by atoms with van der Waals surface area (Å²) in [6.45, 7) is 2.94. The molecule has 0 saturated carbocycles. The molecule has 1 aromatic rings. The maximum absolute atomic E-state index is 7.14. The zero-order valence-electron chi connectivity index (χ0n) is 11.3. The maximum Gasteiger partial charge on any atom is 0.122 e. The molecule has 1 N–H and O–H groups in total. The van der Waals surface area contributed by atoms with Crippen LogP contribution in [0.2, 0.25) is 0 Å². The predicted molar refractivity (Wildman–Crippen MR) is 57.7 cm³/mol. The highest BCUT2D eigenvalue weighted by Crippen LogP contribution is 2.30. The summed E-state index contributed by atoms with van der Waals surface area (Å²) in [7, 11) is -2.38. The van der Waals surface area contributed by atoms with Gasteiger partial charge in [-0.15, -0.1) is 0 Å². The molecule has 1 aliphatic rings. The second-order valence-electron chi connectivity index (χ2n) is 3.72. The Morgan fingerprint density at radius 1 is 1.57 bits per heavy atom. The first-order chi connectivity index (χ1) is 7.97. The van der Waals surface area contributed by atoms with Gasteiger partial charge >= 0.3 is 0 Å². The van der Waals surface area contributed by atoms with Crippen LogP contribution in [0.4, 0.5) is 0 Å². The maximum atomic E-state index is 7.14. The first-order valence-electron chi connectivity index (χ1n) is 6.49. The molecule has 0 aliphatic carbocycles. The van der Waals surface area contributed by atoms with E-state index in [4.69, 9.17) is 8.85 Å². The van der Waals surface area contributed by atoms with Crippen molar-refractivity contribution in [1.29, 1.82) is 0 Å². The van der Waals surface area contributed by atoms with Crippen LogP contribution in [-0.4, -0.2) is 13.6 Å². The number of hydrogen-bond acceptors (Lipinski definition) is 2. The van der Waals surface area contributed by atoms with E-state index in [1.807, 2.05) is 19.1 Å². The van der Waals surface area contributed by atoms with Crippen molar-refractivity contribution in [3.8, 4) is 5.75 Å². The zero-order chi connectivity index (χ0) is 12.5. The molecule has 1 heterocycles. The summed E-state index contributed by atoms with van der Waals surface area (Å²) >= 11 is 0. The van der Waals surface area contributed by atoms with Crippen LogP contribution in [0, 0.1) is 6.92 Å². The quantitative estimate of drug-likeness (QED) is 0.780. The summed E-state index contributed by atoms with van der Waals surface area (Å²) in [6.07, 6.45) is 2.26. The summed E-state index contributed by atoms with van der Waals surface area (Å²) in [5.74, 6) is 0.455. The van der Waals surface area contributed by atoms with E-state index in [-0.39, 0.29) is 0 Å². The third-order valence-electron chi connectivity index (χ3n) is 2.87. The molecule has 1 aliphatic heterocycles. The summed E-state index contributed by atoms with van der Waals surface area (Å²) in [6, 6.07) is 5.92. The van der Waals surface area contributed by atoms with E-state index in [0.29, 0.717) is 11.8 Å². The lowest BCUT2D eigenvalue weighted by Gasteiger charge is -2.15. The SMILES string of the molecule is [2H]C([2H])([2H])Oc1cccc([C@@H]2CCCN2)c1C. The molecule has 2 heteroatoms. The molecule has 2 nitrogen and oxygen atoms in total. The van der Waals surface area contributed by atoms with Gasteiger partial charge < -0.3 is 10.1 Å². The van der Waals surface area contributed by atoms with Crippen molar-refractivity contribution in [2.24, 2.45) is 0 Å². The fraction of sp³-hybridized carbons (Fsp3) is 0.500. The van der Waals surface area contributed by atoms with Gasteiger partial charge in [0.15, 0.2) is 0 Å². The van der Waals surface area contributed by atoms with E-state index in [2.05, 4.69) is 5.32 Å². The second-order valence-corrected chi connectivity index (χ2v) is 3.72. The van der Waals surface area contributed by atoms with Crippen molar-refractivity contribution in [2.45, 2.75) is 25.8 Å². The van der Waals surface area contributed by atoms with Crippen LogP contribution in [0.3, 0.4) is 0 Å². The standard InChI is InChI=1S/C12H17NO/c1-9-10(11-6-4-8-13-11)5-3-7-12(9)14-2/h3,5,7,11,13H,4,6,8H2,1-2H3/t11-/m0/s1/i2D3. The number of methoxy groups -OCH3 is 1. The Balaban J connectivity index is 2.26. The molecule has 0 amide bonds. The molecule has 1 aromatic carbocycles. The van der Waals surface area contributed by atoms with Crippen molar-refractivity contribution in [1.82, 2.24) is 5.32 Å². The van der Waals surface area contributed by atoms with Crippen LogP contribution in [0.25, 0.3) is 0 Å². The largest absolute Gasteiger partial charge is 0.496 e. The number of hydrogen-bond donors (Lipinski definition) is 1. The average Bonchev–Trinajstić information content (AvgIpc) is 2.72. The monoisotopic (exact) mass is 194 g/mol. The average molecular weight is 194 g/mol. The molecule has 0 bridgehead atoms. The molecular weight excluding hydrogens is 174 g/mol. The molecule has 0 aromatic heterocycles. The Hall–Kier alpha value is -1.02. The molecule has 1 saturated heterocycles. The lowest BCUT2D eigenvalue weighted by molar-refractivity contribution is 0.410. The number of benzene rings is 1. The van der Waals surface area contributed by atoms with E-state index >= 15 is 0 Å². The van der Waals surface area contributed by atoms with E-state index in [1.54, 1.807) is 6.07 Å². The van der Waals surface area contributed by atoms with Gasteiger partial charge in [0, 0.05) is 6.04 Å². The van der Waals surface area contributed by atoms with E-state index in [0.717, 1.165) is 30.5 Å². The summed E-state index contributed by atoms with van der Waals surface area (Å²) in [5.41, 5.74) is 2.06. The van der Waals surface area contributed by atoms with Crippen LogP contribution in [0.5, 0.6) is 5.75 Å². The van der Waals surface area contributed by atoms with E-state index in [9.17, 15) is 0 Å². The molecule has 76 valence electrons. The smallest absolute Gasteiger partial charge is 0.122 e. The van der Waals surface area contributed by atoms with Crippen molar-refractivity contribution in [3.05, 3.63) is 29.3 Å². The Labute approximate surface area is 89.5 Å². The Morgan fingerprint density at radius 2 is 2.50 bits per heavy atom. The van der Waals surface area contributed by atoms with Gasteiger partial charge in [0.1, 0.15) is 5.75 Å². The minimum absolute atomic E-state index is 0.329. The summed E-state index contributed by atoms with van der Waals surface area (Å²) in [5, 5.41) is 3.41. The van der Waals surface area contributed by atoms with Gasteiger partial charge in [-0.1, -0.05) is 12.1 Å². The van der Waals surface area contributed by atoms with Gasteiger partial charge in [-0.3, -0.25) is 0 Å². The zero-order valence-corrected chi connectivity index (χ0v) is 8.34. The fourth-order valence-corrected chi connectivity index (χ4v) is 2.07. The van der Waals surface area contributed by atoms with E-state index in [1.165, 1.54) is 0 Å². The van der Waals surface area contributed by atoms with Crippen LogP contribution in [0.1, 0.15) is 34.1 Å². The second kappa shape index (κ2) is 4.01. The van der Waals surface area contributed by atoms with Crippen molar-refractivity contribution >= 4 is 0 Å². The van der Waals surface area contributed by atoms with Crippen LogP contribution in [-0.2, 0) is 0 Å². The van der Waals surface area contributed by atoms with E-state index < -0.39 is 7.04 Å². The minimum atomic E-state index is -2.38. The molecule has 0 radical (unpaired) electrons. The van der Waals surface area contributed by atoms with Crippen LogP contribution < -0.4 is 10.1 Å². The van der Waals surface area contributed by atoms with Crippen LogP contribution >= 0.6 is 0 Å². The number of ether oxygens (including phenoxy) is 1. The predicted octanol–water partition coefficient (Wildman–Crippen LogP) is 2.43. The van der Waals surface area contributed by atoms with Crippen LogP contribution in [0.15, 0.2) is 18.2 Å². The van der Waals surface area contributed by atoms with Crippen molar-refractivity contribution in [2.75, 3.05) is 13.6 Å². The van der Waals surface area contributed by atoms with Crippen molar-refractivity contribution in [3.63, 3.8) is 0 Å². The van der Waals surface area contributed by atoms with Gasteiger partial charge in [0.2, 0.25) is 0 Å². The first kappa shape index (κ1) is 6.46. The lowest BCUT2D eigenvalue weighted by Crippen LogP contribution is -2.14. The Kier molecular flexibility index (Phi) is 1.85. The Bertz CT molecular complexity index is 397. The molecule has 1 fully saturated rings. The molecule has 1 atom stereocenters. The van der Waals surface area contributed by atoms with Gasteiger partial charge in [0.05, 0.1) is 11.2 Å². The number of rotatable bonds is 2. The molecule has 0 unspecified atom stereocenters. The first-order valence-corrected chi connectivity index (χ1v) is 4.99. The highest BCUT2D eigenvalue weighted by atomic mass is 16.5. The van der Waals surface area contributed by atoms with Gasteiger partial charge in [-0.2, -0.15) is 0 Å². The lowest BCUT2D eigenvalue weighted by atomic mass is 9.99. The third-order valence-corrected chi connectivity index (χ3v) is 2.87.